The van der Waals surface area contributed by atoms with E-state index in [0.29, 0.717) is 24.2 Å². The van der Waals surface area contributed by atoms with Crippen molar-refractivity contribution >= 4 is 34.4 Å². The first-order valence-corrected chi connectivity index (χ1v) is 9.49. The topological polar surface area (TPSA) is 102 Å². The summed E-state index contributed by atoms with van der Waals surface area (Å²) in [6, 6.07) is 7.96. The SMILES string of the molecule is CCl.Nc1nc(-c2cccc(OCC3CCOC3)c2)cs1.[NH3+]CC=O. The van der Waals surface area contributed by atoms with Crippen LogP contribution in [0.1, 0.15) is 6.42 Å². The Kier molecular flexibility index (Phi) is 10.8. The molecule has 0 radical (unpaired) electrons. The van der Waals surface area contributed by atoms with Gasteiger partial charge in [0.2, 0.25) is 0 Å². The predicted octanol–water partition coefficient (Wildman–Crippen LogP) is 2.09. The average Bonchev–Trinajstić information content (AvgIpc) is 3.34. The quantitative estimate of drug-likeness (QED) is 0.605. The highest BCUT2D eigenvalue weighted by molar-refractivity contribution is 7.13. The summed E-state index contributed by atoms with van der Waals surface area (Å²) < 4.78 is 11.2. The first-order valence-electron chi connectivity index (χ1n) is 7.85. The highest BCUT2D eigenvalue weighted by atomic mass is 35.5. The van der Waals surface area contributed by atoms with Crippen molar-refractivity contribution in [2.45, 2.75) is 6.42 Å². The van der Waals surface area contributed by atoms with Gasteiger partial charge in [0.1, 0.15) is 12.3 Å². The van der Waals surface area contributed by atoms with Crippen LogP contribution in [0.15, 0.2) is 29.6 Å². The Bertz CT molecular complexity index is 619. The zero-order valence-corrected chi connectivity index (χ0v) is 15.9. The van der Waals surface area contributed by atoms with Crippen LogP contribution in [0.2, 0.25) is 0 Å². The van der Waals surface area contributed by atoms with Crippen molar-refractivity contribution in [2.75, 3.05) is 38.5 Å². The second kappa shape index (κ2) is 12.7. The molecule has 1 aliphatic heterocycles. The Morgan fingerprint density at radius 1 is 1.52 bits per heavy atom. The van der Waals surface area contributed by atoms with Gasteiger partial charge in [-0.3, -0.25) is 4.79 Å². The number of aldehydes is 1. The van der Waals surface area contributed by atoms with E-state index in [4.69, 9.17) is 20.0 Å². The van der Waals surface area contributed by atoms with Gasteiger partial charge in [0.05, 0.1) is 18.9 Å². The predicted molar refractivity (Wildman–Crippen MR) is 102 cm³/mol. The maximum atomic E-state index is 9.11. The lowest BCUT2D eigenvalue weighted by atomic mass is 10.1. The summed E-state index contributed by atoms with van der Waals surface area (Å²) in [5, 5.41) is 2.55. The minimum Gasteiger partial charge on any atom is -0.493 e. The lowest BCUT2D eigenvalue weighted by Crippen LogP contribution is -2.50. The molecular weight excluding hydrogens is 362 g/mol. The minimum absolute atomic E-state index is 0.389. The smallest absolute Gasteiger partial charge is 0.180 e. The van der Waals surface area contributed by atoms with Gasteiger partial charge in [-0.25, -0.2) is 4.98 Å². The van der Waals surface area contributed by atoms with Crippen molar-refractivity contribution in [3.63, 3.8) is 0 Å². The molecule has 5 N–H and O–H groups in total. The zero-order valence-electron chi connectivity index (χ0n) is 14.3. The second-order valence-electron chi connectivity index (χ2n) is 5.09. The molecule has 1 saturated heterocycles. The summed E-state index contributed by atoms with van der Waals surface area (Å²) in [6.45, 7) is 2.76. The number of thiazole rings is 1. The molecule has 1 atom stereocenters. The summed E-state index contributed by atoms with van der Waals surface area (Å²) in [5.74, 6) is 1.38. The highest BCUT2D eigenvalue weighted by Crippen LogP contribution is 2.26. The Morgan fingerprint density at radius 2 is 2.28 bits per heavy atom. The van der Waals surface area contributed by atoms with Gasteiger partial charge in [0, 0.05) is 29.9 Å². The molecule has 0 saturated carbocycles. The van der Waals surface area contributed by atoms with E-state index in [2.05, 4.69) is 22.3 Å². The fourth-order valence-corrected chi connectivity index (χ4v) is 2.67. The van der Waals surface area contributed by atoms with Crippen molar-refractivity contribution in [3.05, 3.63) is 29.6 Å². The molecule has 138 valence electrons. The number of quaternary nitrogens is 1. The summed E-state index contributed by atoms with van der Waals surface area (Å²) >= 11 is 6.09. The van der Waals surface area contributed by atoms with Gasteiger partial charge in [0.15, 0.2) is 11.4 Å². The number of alkyl halides is 1. The van der Waals surface area contributed by atoms with Gasteiger partial charge in [-0.1, -0.05) is 12.1 Å². The number of carbonyl (C=O) groups excluding carboxylic acids is 1. The molecule has 2 heterocycles. The van der Waals surface area contributed by atoms with Crippen LogP contribution >= 0.6 is 22.9 Å². The van der Waals surface area contributed by atoms with Gasteiger partial charge in [-0.15, -0.1) is 22.9 Å². The highest BCUT2D eigenvalue weighted by Gasteiger charge is 2.16. The monoisotopic (exact) mass is 386 g/mol. The van der Waals surface area contributed by atoms with Crippen molar-refractivity contribution in [3.8, 4) is 17.0 Å². The number of anilines is 1. The average molecular weight is 387 g/mol. The fraction of sp³-hybridized carbons (Fsp3) is 0.412. The molecule has 0 aliphatic carbocycles. The fourth-order valence-electron chi connectivity index (χ4n) is 2.09. The van der Waals surface area contributed by atoms with Crippen LogP contribution in [0.4, 0.5) is 5.13 Å². The first-order chi connectivity index (χ1) is 12.2. The van der Waals surface area contributed by atoms with Crippen LogP contribution < -0.4 is 16.2 Å². The molecule has 1 aromatic carbocycles. The Hall–Kier alpha value is -1.67. The summed E-state index contributed by atoms with van der Waals surface area (Å²) in [4.78, 5) is 13.4. The number of hydrogen-bond acceptors (Lipinski definition) is 6. The number of rotatable bonds is 5. The molecule has 3 rings (SSSR count). The molecule has 1 aromatic heterocycles. The lowest BCUT2D eigenvalue weighted by Gasteiger charge is -2.10. The molecular formula is C17H25ClN3O3S+. The van der Waals surface area contributed by atoms with E-state index < -0.39 is 0 Å². The van der Waals surface area contributed by atoms with E-state index in [1.807, 2.05) is 29.6 Å². The van der Waals surface area contributed by atoms with Gasteiger partial charge in [-0.05, 0) is 18.6 Å². The largest absolute Gasteiger partial charge is 0.493 e. The van der Waals surface area contributed by atoms with Crippen LogP contribution in [0, 0.1) is 5.92 Å². The van der Waals surface area contributed by atoms with E-state index >= 15 is 0 Å². The summed E-state index contributed by atoms with van der Waals surface area (Å²) in [6.07, 6.45) is 3.32. The molecule has 25 heavy (non-hydrogen) atoms. The van der Waals surface area contributed by atoms with E-state index in [-0.39, 0.29) is 0 Å². The number of benzene rings is 1. The summed E-state index contributed by atoms with van der Waals surface area (Å²) in [7, 11) is 0. The van der Waals surface area contributed by atoms with E-state index in [9.17, 15) is 0 Å². The molecule has 6 nitrogen and oxygen atoms in total. The third-order valence-electron chi connectivity index (χ3n) is 3.28. The van der Waals surface area contributed by atoms with Gasteiger partial charge < -0.3 is 20.9 Å². The van der Waals surface area contributed by atoms with E-state index in [0.717, 1.165) is 42.9 Å². The molecule has 1 unspecified atom stereocenters. The molecule has 1 aliphatic rings. The van der Waals surface area contributed by atoms with Crippen molar-refractivity contribution in [1.82, 2.24) is 4.98 Å². The molecule has 2 aromatic rings. The van der Waals surface area contributed by atoms with Crippen LogP contribution in [-0.2, 0) is 9.53 Å². The third kappa shape index (κ3) is 7.83. The normalized spacial score (nSPS) is 15.4. The number of aromatic nitrogens is 1. The number of nitrogens with two attached hydrogens (primary N) is 1. The number of nitrogen functional groups attached to an aromatic ring is 1. The maximum absolute atomic E-state index is 9.11. The molecule has 8 heteroatoms. The number of carbonyl (C=O) groups is 1. The van der Waals surface area contributed by atoms with E-state index in [1.54, 1.807) is 0 Å². The maximum Gasteiger partial charge on any atom is 0.180 e. The minimum atomic E-state index is 0.389. The Morgan fingerprint density at radius 3 is 2.84 bits per heavy atom. The third-order valence-corrected chi connectivity index (χ3v) is 3.95. The molecule has 1 fully saturated rings. The van der Waals surface area contributed by atoms with Crippen molar-refractivity contribution in [1.29, 1.82) is 0 Å². The van der Waals surface area contributed by atoms with Crippen LogP contribution in [-0.4, -0.2) is 44.0 Å². The van der Waals surface area contributed by atoms with Gasteiger partial charge in [-0.2, -0.15) is 0 Å². The number of nitrogens with zero attached hydrogens (tertiary/aromatic N) is 1. The molecule has 0 bridgehead atoms. The lowest BCUT2D eigenvalue weighted by molar-refractivity contribution is -0.351. The van der Waals surface area contributed by atoms with Gasteiger partial charge >= 0.3 is 0 Å². The molecule has 0 amide bonds. The van der Waals surface area contributed by atoms with Gasteiger partial charge in [0.25, 0.3) is 0 Å². The van der Waals surface area contributed by atoms with E-state index in [1.165, 1.54) is 17.7 Å². The van der Waals surface area contributed by atoms with Crippen molar-refractivity contribution in [2.24, 2.45) is 5.92 Å². The summed E-state index contributed by atoms with van der Waals surface area (Å²) in [5.41, 5.74) is 10.8. The van der Waals surface area contributed by atoms with Crippen LogP contribution in [0.5, 0.6) is 5.75 Å². The Labute approximate surface area is 157 Å². The van der Waals surface area contributed by atoms with Crippen molar-refractivity contribution < 1.29 is 20.0 Å². The first kappa shape index (κ1) is 21.4. The number of ether oxygens (including phenoxy) is 2. The van der Waals surface area contributed by atoms with Crippen LogP contribution in [0.3, 0.4) is 0 Å². The second-order valence-corrected chi connectivity index (χ2v) is 5.98. The standard InChI is InChI=1S/C14H16N2O2S.C2H5NO.CH3Cl/c15-14-16-13(9-19-14)11-2-1-3-12(6-11)18-8-10-4-5-17-7-10;3-1-2-4;1-2/h1-3,6,9-10H,4-5,7-8H2,(H2,15,16);2H,1,3H2;1H3/p+1. The van der Waals surface area contributed by atoms with Crippen LogP contribution in [0.25, 0.3) is 11.3 Å². The Balaban J connectivity index is 0.000000461. The molecule has 0 spiro atoms. The number of hydrogen-bond donors (Lipinski definition) is 2. The zero-order chi connectivity index (χ0) is 18.5. The number of halogens is 1.